The minimum Gasteiger partial charge on any atom is -0.497 e. The second-order valence-electron chi connectivity index (χ2n) is 4.05. The van der Waals surface area contributed by atoms with E-state index in [-0.39, 0.29) is 0 Å². The lowest BCUT2D eigenvalue weighted by Gasteiger charge is -2.09. The highest BCUT2D eigenvalue weighted by molar-refractivity contribution is 6.32. The summed E-state index contributed by atoms with van der Waals surface area (Å²) >= 11 is 5.98. The normalized spacial score (nSPS) is 10.1. The molecule has 0 saturated carbocycles. The van der Waals surface area contributed by atoms with E-state index in [0.717, 1.165) is 18.0 Å². The molecule has 2 aromatic carbocycles. The van der Waals surface area contributed by atoms with Crippen molar-refractivity contribution in [2.75, 3.05) is 19.5 Å². The van der Waals surface area contributed by atoms with Crippen LogP contribution in [-0.4, -0.2) is 14.2 Å². The number of methoxy groups -OCH3 is 2. The van der Waals surface area contributed by atoms with Crippen LogP contribution >= 0.6 is 11.6 Å². The standard InChI is InChI=1S/C15H16ClNO2/c1-18-13-6-3-11(4-7-13)10-17-12-5-8-14(16)15(9-12)19-2/h3-9,17H,10H2,1-2H3. The van der Waals surface area contributed by atoms with Crippen molar-refractivity contribution in [2.24, 2.45) is 0 Å². The molecule has 19 heavy (non-hydrogen) atoms. The van der Waals surface area contributed by atoms with Gasteiger partial charge in [0.15, 0.2) is 0 Å². The minimum absolute atomic E-state index is 0.609. The summed E-state index contributed by atoms with van der Waals surface area (Å²) in [6, 6.07) is 13.6. The third-order valence-electron chi connectivity index (χ3n) is 2.81. The number of ether oxygens (including phenoxy) is 2. The number of halogens is 1. The Hall–Kier alpha value is -1.87. The van der Waals surface area contributed by atoms with E-state index >= 15 is 0 Å². The van der Waals surface area contributed by atoms with Crippen LogP contribution < -0.4 is 14.8 Å². The first-order valence-electron chi connectivity index (χ1n) is 5.93. The Morgan fingerprint density at radius 1 is 1.00 bits per heavy atom. The first-order valence-corrected chi connectivity index (χ1v) is 6.31. The fourth-order valence-electron chi connectivity index (χ4n) is 1.72. The molecule has 0 bridgehead atoms. The van der Waals surface area contributed by atoms with Crippen molar-refractivity contribution in [1.29, 1.82) is 0 Å². The molecule has 4 heteroatoms. The van der Waals surface area contributed by atoms with Gasteiger partial charge in [-0.15, -0.1) is 0 Å². The zero-order valence-corrected chi connectivity index (χ0v) is 11.7. The van der Waals surface area contributed by atoms with E-state index in [9.17, 15) is 0 Å². The molecule has 100 valence electrons. The van der Waals surface area contributed by atoms with Crippen LogP contribution in [0.2, 0.25) is 5.02 Å². The van der Waals surface area contributed by atoms with Crippen LogP contribution in [0, 0.1) is 0 Å². The predicted octanol–water partition coefficient (Wildman–Crippen LogP) is 3.97. The van der Waals surface area contributed by atoms with Crippen molar-refractivity contribution in [1.82, 2.24) is 0 Å². The molecule has 0 aromatic heterocycles. The van der Waals surface area contributed by atoms with Gasteiger partial charge in [-0.25, -0.2) is 0 Å². The Balaban J connectivity index is 2.01. The first-order chi connectivity index (χ1) is 9.22. The maximum atomic E-state index is 5.98. The van der Waals surface area contributed by atoms with Crippen molar-refractivity contribution in [3.05, 3.63) is 53.1 Å². The van der Waals surface area contributed by atoms with Gasteiger partial charge in [0.2, 0.25) is 0 Å². The van der Waals surface area contributed by atoms with E-state index in [2.05, 4.69) is 5.32 Å². The summed E-state index contributed by atoms with van der Waals surface area (Å²) < 4.78 is 10.3. The molecule has 3 nitrogen and oxygen atoms in total. The monoisotopic (exact) mass is 277 g/mol. The molecular formula is C15H16ClNO2. The Labute approximate surface area is 118 Å². The molecule has 0 fully saturated rings. The summed E-state index contributed by atoms with van der Waals surface area (Å²) in [5.74, 6) is 1.53. The zero-order valence-electron chi connectivity index (χ0n) is 10.9. The smallest absolute Gasteiger partial charge is 0.139 e. The van der Waals surface area contributed by atoms with Gasteiger partial charge < -0.3 is 14.8 Å². The number of hydrogen-bond donors (Lipinski definition) is 1. The molecule has 0 aliphatic heterocycles. The predicted molar refractivity (Wildman–Crippen MR) is 78.3 cm³/mol. The summed E-state index contributed by atoms with van der Waals surface area (Å²) in [5, 5.41) is 3.93. The molecule has 0 aliphatic rings. The summed E-state index contributed by atoms with van der Waals surface area (Å²) in [6.07, 6.45) is 0. The molecule has 2 rings (SSSR count). The SMILES string of the molecule is COc1ccc(CNc2ccc(Cl)c(OC)c2)cc1. The van der Waals surface area contributed by atoms with Crippen LogP contribution in [0.3, 0.4) is 0 Å². The lowest BCUT2D eigenvalue weighted by Crippen LogP contribution is -1.99. The Morgan fingerprint density at radius 3 is 2.37 bits per heavy atom. The van der Waals surface area contributed by atoms with E-state index in [1.54, 1.807) is 14.2 Å². The van der Waals surface area contributed by atoms with E-state index in [0.29, 0.717) is 10.8 Å². The van der Waals surface area contributed by atoms with Gasteiger partial charge in [-0.1, -0.05) is 23.7 Å². The number of hydrogen-bond acceptors (Lipinski definition) is 3. The number of benzene rings is 2. The Morgan fingerprint density at radius 2 is 1.74 bits per heavy atom. The second-order valence-corrected chi connectivity index (χ2v) is 4.46. The number of nitrogens with one attached hydrogen (secondary N) is 1. The number of rotatable bonds is 5. The Kier molecular flexibility index (Phi) is 4.53. The van der Waals surface area contributed by atoms with E-state index < -0.39 is 0 Å². The highest BCUT2D eigenvalue weighted by Gasteiger charge is 2.02. The first kappa shape index (κ1) is 13.6. The van der Waals surface area contributed by atoms with Gasteiger partial charge in [0, 0.05) is 18.3 Å². The molecule has 0 aliphatic carbocycles. The highest BCUT2D eigenvalue weighted by Crippen LogP contribution is 2.27. The van der Waals surface area contributed by atoms with Crippen molar-refractivity contribution in [3.8, 4) is 11.5 Å². The topological polar surface area (TPSA) is 30.5 Å². The van der Waals surface area contributed by atoms with Crippen molar-refractivity contribution >= 4 is 17.3 Å². The van der Waals surface area contributed by atoms with Gasteiger partial charge in [0.05, 0.1) is 19.2 Å². The molecule has 1 N–H and O–H groups in total. The summed E-state index contributed by atoms with van der Waals surface area (Å²) in [7, 11) is 3.27. The lowest BCUT2D eigenvalue weighted by atomic mass is 10.2. The molecule has 0 saturated heterocycles. The maximum absolute atomic E-state index is 5.98. The van der Waals surface area contributed by atoms with E-state index in [4.69, 9.17) is 21.1 Å². The van der Waals surface area contributed by atoms with E-state index in [1.807, 2.05) is 42.5 Å². The van der Waals surface area contributed by atoms with Crippen LogP contribution in [0.25, 0.3) is 0 Å². The average molecular weight is 278 g/mol. The molecular weight excluding hydrogens is 262 g/mol. The van der Waals surface area contributed by atoms with Crippen LogP contribution in [0.15, 0.2) is 42.5 Å². The largest absolute Gasteiger partial charge is 0.497 e. The van der Waals surface area contributed by atoms with Crippen LogP contribution in [-0.2, 0) is 6.54 Å². The van der Waals surface area contributed by atoms with Gasteiger partial charge in [-0.05, 0) is 29.8 Å². The third-order valence-corrected chi connectivity index (χ3v) is 3.12. The van der Waals surface area contributed by atoms with Crippen LogP contribution in [0.4, 0.5) is 5.69 Å². The zero-order chi connectivity index (χ0) is 13.7. The highest BCUT2D eigenvalue weighted by atomic mass is 35.5. The molecule has 0 atom stereocenters. The average Bonchev–Trinajstić information content (AvgIpc) is 2.47. The molecule has 0 unspecified atom stereocenters. The third kappa shape index (κ3) is 3.55. The van der Waals surface area contributed by atoms with Crippen molar-refractivity contribution < 1.29 is 9.47 Å². The Bertz CT molecular complexity index is 540. The lowest BCUT2D eigenvalue weighted by molar-refractivity contribution is 0.414. The summed E-state index contributed by atoms with van der Waals surface area (Å²) in [6.45, 7) is 0.731. The second kappa shape index (κ2) is 6.34. The van der Waals surface area contributed by atoms with Gasteiger partial charge in [-0.2, -0.15) is 0 Å². The fourth-order valence-corrected chi connectivity index (χ4v) is 1.91. The fraction of sp³-hybridized carbons (Fsp3) is 0.200. The van der Waals surface area contributed by atoms with Crippen molar-refractivity contribution in [2.45, 2.75) is 6.54 Å². The van der Waals surface area contributed by atoms with Crippen LogP contribution in [0.5, 0.6) is 11.5 Å². The molecule has 0 heterocycles. The minimum atomic E-state index is 0.609. The molecule has 0 amide bonds. The van der Waals surface area contributed by atoms with Gasteiger partial charge in [0.25, 0.3) is 0 Å². The summed E-state index contributed by atoms with van der Waals surface area (Å²) in [5.41, 5.74) is 2.15. The van der Waals surface area contributed by atoms with Gasteiger partial charge >= 0.3 is 0 Å². The van der Waals surface area contributed by atoms with Crippen molar-refractivity contribution in [3.63, 3.8) is 0 Å². The van der Waals surface area contributed by atoms with Crippen LogP contribution in [0.1, 0.15) is 5.56 Å². The molecule has 0 spiro atoms. The molecule has 0 radical (unpaired) electrons. The summed E-state index contributed by atoms with van der Waals surface area (Å²) in [4.78, 5) is 0. The van der Waals surface area contributed by atoms with Gasteiger partial charge in [0.1, 0.15) is 11.5 Å². The van der Waals surface area contributed by atoms with E-state index in [1.165, 1.54) is 5.56 Å². The molecule has 2 aromatic rings. The quantitative estimate of drug-likeness (QED) is 0.897. The number of anilines is 1. The van der Waals surface area contributed by atoms with Gasteiger partial charge in [-0.3, -0.25) is 0 Å². The maximum Gasteiger partial charge on any atom is 0.139 e.